The molecule has 1 aromatic heterocycles. The number of anilines is 1. The van der Waals surface area contributed by atoms with Crippen molar-refractivity contribution in [3.63, 3.8) is 0 Å². The minimum absolute atomic E-state index is 0.00774. The smallest absolute Gasteiger partial charge is 0.260 e. The zero-order chi connectivity index (χ0) is 29.5. The van der Waals surface area contributed by atoms with Crippen LogP contribution in [0.25, 0.3) is 0 Å². The highest BCUT2D eigenvalue weighted by atomic mass is 35.5. The highest BCUT2D eigenvalue weighted by Crippen LogP contribution is 2.32. The van der Waals surface area contributed by atoms with Crippen molar-refractivity contribution in [2.24, 2.45) is 0 Å². The predicted molar refractivity (Wildman–Crippen MR) is 163 cm³/mol. The highest BCUT2D eigenvalue weighted by Gasteiger charge is 2.37. The molecule has 0 bridgehead atoms. The fraction of sp³-hybridized carbons (Fsp3) is 0.265. The van der Waals surface area contributed by atoms with Crippen LogP contribution in [0.2, 0.25) is 5.02 Å². The number of hydrogen-bond acceptors (Lipinski definition) is 5. The predicted octanol–water partition coefficient (Wildman–Crippen LogP) is 7.02. The molecule has 2 amide bonds. The molecule has 42 heavy (non-hydrogen) atoms. The molecule has 4 aromatic rings. The normalized spacial score (nSPS) is 14.1. The van der Waals surface area contributed by atoms with Gasteiger partial charge in [0.1, 0.15) is 18.6 Å². The number of carbonyl (C=O) groups excluding carboxylic acids is 2. The van der Waals surface area contributed by atoms with Crippen molar-refractivity contribution in [1.29, 1.82) is 0 Å². The first-order valence-electron chi connectivity index (χ1n) is 14.2. The lowest BCUT2D eigenvalue weighted by molar-refractivity contribution is -0.123. The molecule has 1 aliphatic rings. The van der Waals surface area contributed by atoms with E-state index >= 15 is 0 Å². The minimum atomic E-state index is -1.28. The number of nitrogens with zero attached hydrogens (tertiary/aromatic N) is 1. The SMILES string of the molecule is Cc1ccc(N(C(=O)c2ccccc2Cl)C(C(=O)NC2CCCCC2)c2cc(=O)c(OCc3ccccc3)co2)cc1. The van der Waals surface area contributed by atoms with Gasteiger partial charge in [-0.15, -0.1) is 0 Å². The largest absolute Gasteiger partial charge is 0.482 e. The van der Waals surface area contributed by atoms with Gasteiger partial charge < -0.3 is 14.5 Å². The van der Waals surface area contributed by atoms with Crippen LogP contribution in [0.3, 0.4) is 0 Å². The molecule has 0 aliphatic heterocycles. The lowest BCUT2D eigenvalue weighted by atomic mass is 9.95. The molecular formula is C34H33ClN2O5. The minimum Gasteiger partial charge on any atom is -0.482 e. The molecule has 0 radical (unpaired) electrons. The van der Waals surface area contributed by atoms with Crippen molar-refractivity contribution in [2.45, 2.75) is 57.7 Å². The summed E-state index contributed by atoms with van der Waals surface area (Å²) in [6.45, 7) is 2.11. The first-order valence-corrected chi connectivity index (χ1v) is 14.5. The van der Waals surface area contributed by atoms with Crippen LogP contribution in [0.15, 0.2) is 100 Å². The van der Waals surface area contributed by atoms with Crippen LogP contribution in [0.1, 0.15) is 65.4 Å². The first-order chi connectivity index (χ1) is 20.4. The number of amides is 2. The Balaban J connectivity index is 1.56. The summed E-state index contributed by atoms with van der Waals surface area (Å²) in [5, 5.41) is 3.37. The van der Waals surface area contributed by atoms with E-state index in [2.05, 4.69) is 5.32 Å². The molecule has 1 saturated carbocycles. The zero-order valence-electron chi connectivity index (χ0n) is 23.4. The van der Waals surface area contributed by atoms with Gasteiger partial charge in [-0.25, -0.2) is 0 Å². The number of carbonyl (C=O) groups is 2. The van der Waals surface area contributed by atoms with E-state index in [0.717, 1.165) is 43.2 Å². The summed E-state index contributed by atoms with van der Waals surface area (Å²) in [6, 6.07) is 23.3. The molecule has 1 N–H and O–H groups in total. The molecule has 1 fully saturated rings. The van der Waals surface area contributed by atoms with E-state index in [1.807, 2.05) is 49.4 Å². The van der Waals surface area contributed by atoms with E-state index in [9.17, 15) is 14.4 Å². The molecule has 0 saturated heterocycles. The third-order valence-electron chi connectivity index (χ3n) is 7.42. The quantitative estimate of drug-likeness (QED) is 0.228. The maximum atomic E-state index is 14.2. The molecule has 1 aliphatic carbocycles. The Morgan fingerprint density at radius 3 is 2.36 bits per heavy atom. The van der Waals surface area contributed by atoms with Gasteiger partial charge in [0, 0.05) is 17.8 Å². The average molecular weight is 585 g/mol. The van der Waals surface area contributed by atoms with Gasteiger partial charge in [-0.3, -0.25) is 19.3 Å². The van der Waals surface area contributed by atoms with Gasteiger partial charge in [-0.05, 0) is 49.6 Å². The topological polar surface area (TPSA) is 88.9 Å². The van der Waals surface area contributed by atoms with E-state index in [4.69, 9.17) is 20.8 Å². The second-order valence-electron chi connectivity index (χ2n) is 10.5. The fourth-order valence-corrected chi connectivity index (χ4v) is 5.37. The molecule has 0 spiro atoms. The Kier molecular flexibility index (Phi) is 9.39. The number of benzene rings is 3. The van der Waals surface area contributed by atoms with E-state index in [0.29, 0.717) is 5.69 Å². The lowest BCUT2D eigenvalue weighted by Crippen LogP contribution is -2.47. The maximum Gasteiger partial charge on any atom is 0.260 e. The Hall–Kier alpha value is -4.36. The Morgan fingerprint density at radius 2 is 1.67 bits per heavy atom. The monoisotopic (exact) mass is 584 g/mol. The van der Waals surface area contributed by atoms with E-state index in [-0.39, 0.29) is 34.7 Å². The maximum absolute atomic E-state index is 14.2. The second-order valence-corrected chi connectivity index (χ2v) is 10.9. The zero-order valence-corrected chi connectivity index (χ0v) is 24.2. The summed E-state index contributed by atoms with van der Waals surface area (Å²) in [6.07, 6.45) is 6.04. The van der Waals surface area contributed by atoms with Crippen molar-refractivity contribution < 1.29 is 18.7 Å². The van der Waals surface area contributed by atoms with Crippen LogP contribution in [0, 0.1) is 6.92 Å². The van der Waals surface area contributed by atoms with Crippen LogP contribution in [0.4, 0.5) is 5.69 Å². The summed E-state index contributed by atoms with van der Waals surface area (Å²) >= 11 is 6.46. The molecule has 1 atom stereocenters. The molecule has 5 rings (SSSR count). The van der Waals surface area contributed by atoms with Crippen molar-refractivity contribution in [2.75, 3.05) is 4.90 Å². The lowest BCUT2D eigenvalue weighted by Gasteiger charge is -2.32. The van der Waals surface area contributed by atoms with Crippen LogP contribution in [-0.2, 0) is 11.4 Å². The molecule has 1 unspecified atom stereocenters. The average Bonchev–Trinajstić information content (AvgIpc) is 3.01. The molecule has 3 aromatic carbocycles. The van der Waals surface area contributed by atoms with Crippen molar-refractivity contribution >= 4 is 29.1 Å². The van der Waals surface area contributed by atoms with E-state index in [1.54, 1.807) is 36.4 Å². The number of aryl methyl sites for hydroxylation is 1. The fourth-order valence-electron chi connectivity index (χ4n) is 5.15. The van der Waals surface area contributed by atoms with Gasteiger partial charge in [0.2, 0.25) is 11.2 Å². The van der Waals surface area contributed by atoms with Gasteiger partial charge in [0.15, 0.2) is 6.04 Å². The Bertz CT molecular complexity index is 1580. The number of rotatable bonds is 9. The molecule has 8 heteroatoms. The van der Waals surface area contributed by atoms with Crippen LogP contribution in [0.5, 0.6) is 5.75 Å². The molecular weight excluding hydrogens is 552 g/mol. The highest BCUT2D eigenvalue weighted by molar-refractivity contribution is 6.34. The number of ether oxygens (including phenoxy) is 1. The van der Waals surface area contributed by atoms with Gasteiger partial charge >= 0.3 is 0 Å². The van der Waals surface area contributed by atoms with Crippen LogP contribution < -0.4 is 20.4 Å². The Labute approximate surface area is 250 Å². The van der Waals surface area contributed by atoms with Crippen molar-refractivity contribution in [3.05, 3.63) is 129 Å². The van der Waals surface area contributed by atoms with Crippen LogP contribution in [-0.4, -0.2) is 17.9 Å². The summed E-state index contributed by atoms with van der Waals surface area (Å²) in [5.74, 6) is -0.918. The van der Waals surface area contributed by atoms with Gasteiger partial charge in [-0.1, -0.05) is 91.0 Å². The van der Waals surface area contributed by atoms with Gasteiger partial charge in [0.25, 0.3) is 11.8 Å². The standard InChI is InChI=1S/C34H33ClN2O5/c1-23-16-18-26(19-17-23)37(34(40)27-14-8-9-15-28(27)35)32(33(39)36-25-12-6-3-7-13-25)30-20-29(38)31(22-42-30)41-21-24-10-4-2-5-11-24/h2,4-5,8-11,14-20,22,25,32H,3,6-7,12-13,21H2,1H3,(H,36,39). The van der Waals surface area contributed by atoms with E-state index < -0.39 is 23.3 Å². The molecule has 7 nitrogen and oxygen atoms in total. The van der Waals surface area contributed by atoms with Crippen molar-refractivity contribution in [3.8, 4) is 5.75 Å². The number of hydrogen-bond donors (Lipinski definition) is 1. The molecule has 1 heterocycles. The van der Waals surface area contributed by atoms with Crippen molar-refractivity contribution in [1.82, 2.24) is 5.32 Å². The van der Waals surface area contributed by atoms with E-state index in [1.165, 1.54) is 17.2 Å². The summed E-state index contributed by atoms with van der Waals surface area (Å²) in [5.41, 5.74) is 2.10. The summed E-state index contributed by atoms with van der Waals surface area (Å²) in [4.78, 5) is 42.9. The third-order valence-corrected chi connectivity index (χ3v) is 7.75. The Morgan fingerprint density at radius 1 is 0.976 bits per heavy atom. The number of halogens is 1. The second kappa shape index (κ2) is 13.5. The van der Waals surface area contributed by atoms with Gasteiger partial charge in [-0.2, -0.15) is 0 Å². The first kappa shape index (κ1) is 29.1. The van der Waals surface area contributed by atoms with Crippen LogP contribution >= 0.6 is 11.6 Å². The molecule has 216 valence electrons. The summed E-state index contributed by atoms with van der Waals surface area (Å²) in [7, 11) is 0. The van der Waals surface area contributed by atoms with Gasteiger partial charge in [0.05, 0.1) is 10.6 Å². The number of nitrogens with one attached hydrogen (secondary N) is 1. The summed E-state index contributed by atoms with van der Waals surface area (Å²) < 4.78 is 11.7. The third kappa shape index (κ3) is 6.92.